The fourth-order valence-electron chi connectivity index (χ4n) is 1.66. The molecule has 0 atom stereocenters. The lowest BCUT2D eigenvalue weighted by atomic mass is 10.1. The average molecular weight is 123 g/mol. The van der Waals surface area contributed by atoms with Gasteiger partial charge >= 0.3 is 0 Å². The Balaban J connectivity index is 2.86. The highest BCUT2D eigenvalue weighted by Gasteiger charge is 2.49. The van der Waals surface area contributed by atoms with E-state index in [1.165, 1.54) is 5.57 Å². The molecule has 0 aromatic heterocycles. The van der Waals surface area contributed by atoms with Crippen molar-refractivity contribution in [3.05, 3.63) is 17.1 Å². The van der Waals surface area contributed by atoms with Crippen LogP contribution in [0.3, 0.4) is 0 Å². The lowest BCUT2D eigenvalue weighted by Crippen LogP contribution is -1.83. The molecule has 1 radical (unpaired) electrons. The zero-order valence-corrected chi connectivity index (χ0v) is 7.00. The molecule has 0 aliphatic heterocycles. The van der Waals surface area contributed by atoms with Crippen LogP contribution in [0.15, 0.2) is 11.1 Å². The summed E-state index contributed by atoms with van der Waals surface area (Å²) >= 11 is 0. The zero-order valence-electron chi connectivity index (χ0n) is 7.00. The second-order valence-electron chi connectivity index (χ2n) is 3.62. The number of allylic oxidation sites excluding steroid dienone is 2. The van der Waals surface area contributed by atoms with Crippen molar-refractivity contribution in [2.45, 2.75) is 34.6 Å². The van der Waals surface area contributed by atoms with Crippen LogP contribution in [0.2, 0.25) is 0 Å². The van der Waals surface area contributed by atoms with Gasteiger partial charge in [-0.15, -0.1) is 0 Å². The molecule has 0 aromatic carbocycles. The van der Waals surface area contributed by atoms with Crippen molar-refractivity contribution in [3.63, 3.8) is 0 Å². The quantitative estimate of drug-likeness (QED) is 0.464. The Labute approximate surface area is 58.0 Å². The molecule has 1 aliphatic carbocycles. The summed E-state index contributed by atoms with van der Waals surface area (Å²) in [6, 6.07) is 0. The molecule has 0 bridgehead atoms. The van der Waals surface area contributed by atoms with Gasteiger partial charge in [0.25, 0.3) is 0 Å². The van der Waals surface area contributed by atoms with Crippen molar-refractivity contribution >= 4 is 0 Å². The first kappa shape index (κ1) is 6.85. The lowest BCUT2D eigenvalue weighted by Gasteiger charge is -1.93. The third-order valence-electron chi connectivity index (χ3n) is 2.38. The van der Waals surface area contributed by atoms with Crippen LogP contribution in [0, 0.1) is 11.3 Å². The van der Waals surface area contributed by atoms with Crippen LogP contribution in [-0.4, -0.2) is 0 Å². The first-order valence-corrected chi connectivity index (χ1v) is 3.50. The molecular formula is C9H15. The van der Waals surface area contributed by atoms with Crippen molar-refractivity contribution in [2.75, 3.05) is 0 Å². The standard InChI is InChI=1S/C9H15/c1-6(2)8-7(3)9(8,4)5/h1-5H3. The van der Waals surface area contributed by atoms with E-state index in [0.717, 1.165) is 0 Å². The monoisotopic (exact) mass is 123 g/mol. The Morgan fingerprint density at radius 2 is 1.56 bits per heavy atom. The molecule has 0 N–H and O–H groups in total. The predicted octanol–water partition coefficient (Wildman–Crippen LogP) is 2.96. The van der Waals surface area contributed by atoms with Crippen LogP contribution < -0.4 is 0 Å². The van der Waals surface area contributed by atoms with Crippen LogP contribution in [0.4, 0.5) is 0 Å². The van der Waals surface area contributed by atoms with Gasteiger partial charge in [-0.3, -0.25) is 0 Å². The van der Waals surface area contributed by atoms with E-state index in [1.807, 2.05) is 0 Å². The first-order valence-electron chi connectivity index (χ1n) is 3.50. The normalized spacial score (nSPS) is 24.3. The van der Waals surface area contributed by atoms with Gasteiger partial charge in [-0.25, -0.2) is 0 Å². The molecule has 0 nitrogen and oxygen atoms in total. The van der Waals surface area contributed by atoms with Crippen LogP contribution in [0.5, 0.6) is 0 Å². The van der Waals surface area contributed by atoms with Gasteiger partial charge in [0, 0.05) is 5.92 Å². The smallest absolute Gasteiger partial charge is 0.00797 e. The van der Waals surface area contributed by atoms with Crippen molar-refractivity contribution < 1.29 is 0 Å². The Morgan fingerprint density at radius 1 is 1.22 bits per heavy atom. The molecule has 0 heterocycles. The molecule has 1 aliphatic rings. The van der Waals surface area contributed by atoms with Crippen LogP contribution in [0.25, 0.3) is 0 Å². The van der Waals surface area contributed by atoms with Gasteiger partial charge in [-0.1, -0.05) is 31.9 Å². The second kappa shape index (κ2) is 1.62. The molecule has 1 fully saturated rings. The van der Waals surface area contributed by atoms with Crippen molar-refractivity contribution in [2.24, 2.45) is 5.41 Å². The lowest BCUT2D eigenvalue weighted by molar-refractivity contribution is 0.700. The molecule has 9 heavy (non-hydrogen) atoms. The number of hydrogen-bond acceptors (Lipinski definition) is 0. The summed E-state index contributed by atoms with van der Waals surface area (Å²) in [6.07, 6.45) is 0. The summed E-state index contributed by atoms with van der Waals surface area (Å²) in [5.41, 5.74) is 3.51. The van der Waals surface area contributed by atoms with Gasteiger partial charge in [0.05, 0.1) is 0 Å². The van der Waals surface area contributed by atoms with Crippen molar-refractivity contribution in [1.82, 2.24) is 0 Å². The van der Waals surface area contributed by atoms with E-state index in [-0.39, 0.29) is 0 Å². The van der Waals surface area contributed by atoms with E-state index in [0.29, 0.717) is 5.41 Å². The van der Waals surface area contributed by atoms with Crippen LogP contribution >= 0.6 is 0 Å². The summed E-state index contributed by atoms with van der Waals surface area (Å²) in [7, 11) is 0. The fraction of sp³-hybridized carbons (Fsp3) is 0.667. The Hall–Kier alpha value is -0.260. The molecular weight excluding hydrogens is 108 g/mol. The Kier molecular flexibility index (Phi) is 1.23. The summed E-state index contributed by atoms with van der Waals surface area (Å²) in [6.45, 7) is 11.2. The maximum atomic E-state index is 2.28. The number of hydrogen-bond donors (Lipinski definition) is 0. The number of rotatable bonds is 0. The molecule has 1 rings (SSSR count). The van der Waals surface area contributed by atoms with Gasteiger partial charge in [0.1, 0.15) is 0 Å². The highest BCUT2D eigenvalue weighted by Crippen LogP contribution is 2.60. The summed E-state index contributed by atoms with van der Waals surface area (Å²) in [5.74, 6) is 1.57. The van der Waals surface area contributed by atoms with E-state index in [1.54, 1.807) is 11.5 Å². The molecule has 51 valence electrons. The van der Waals surface area contributed by atoms with Gasteiger partial charge in [0.2, 0.25) is 0 Å². The minimum atomic E-state index is 0.443. The van der Waals surface area contributed by atoms with Gasteiger partial charge in [0.15, 0.2) is 0 Å². The SMILES string of the molecule is C[C]1C(=C(C)C)C1(C)C. The van der Waals surface area contributed by atoms with E-state index in [2.05, 4.69) is 34.6 Å². The highest BCUT2D eigenvalue weighted by atomic mass is 14.5. The van der Waals surface area contributed by atoms with E-state index < -0.39 is 0 Å². The predicted molar refractivity (Wildman–Crippen MR) is 41.1 cm³/mol. The molecule has 1 saturated carbocycles. The first-order chi connectivity index (χ1) is 3.98. The minimum absolute atomic E-state index is 0.443. The van der Waals surface area contributed by atoms with Gasteiger partial charge in [-0.05, 0) is 19.3 Å². The second-order valence-corrected chi connectivity index (χ2v) is 3.62. The Morgan fingerprint density at radius 3 is 1.56 bits per heavy atom. The van der Waals surface area contributed by atoms with E-state index >= 15 is 0 Å². The summed E-state index contributed by atoms with van der Waals surface area (Å²) in [4.78, 5) is 0. The molecule has 0 saturated heterocycles. The van der Waals surface area contributed by atoms with Crippen molar-refractivity contribution in [3.8, 4) is 0 Å². The average Bonchev–Trinajstić information content (AvgIpc) is 2.07. The van der Waals surface area contributed by atoms with E-state index in [4.69, 9.17) is 0 Å². The van der Waals surface area contributed by atoms with Crippen molar-refractivity contribution in [1.29, 1.82) is 0 Å². The largest absolute Gasteiger partial charge is 0.0760 e. The van der Waals surface area contributed by atoms with Crippen LogP contribution in [-0.2, 0) is 0 Å². The van der Waals surface area contributed by atoms with Crippen LogP contribution in [0.1, 0.15) is 34.6 Å². The molecule has 0 heteroatoms. The minimum Gasteiger partial charge on any atom is -0.0760 e. The third-order valence-corrected chi connectivity index (χ3v) is 2.38. The Bertz CT molecular complexity index is 157. The summed E-state index contributed by atoms with van der Waals surface area (Å²) < 4.78 is 0. The molecule has 0 spiro atoms. The molecule has 0 unspecified atom stereocenters. The fourth-order valence-corrected chi connectivity index (χ4v) is 1.66. The topological polar surface area (TPSA) is 0 Å². The van der Waals surface area contributed by atoms with E-state index in [9.17, 15) is 0 Å². The molecule has 0 amide bonds. The summed E-state index contributed by atoms with van der Waals surface area (Å²) in [5, 5.41) is 0. The third kappa shape index (κ3) is 0.810. The maximum absolute atomic E-state index is 2.28. The van der Waals surface area contributed by atoms with Gasteiger partial charge < -0.3 is 0 Å². The molecule has 0 aromatic rings. The maximum Gasteiger partial charge on any atom is 0.00797 e. The van der Waals surface area contributed by atoms with Gasteiger partial charge in [-0.2, -0.15) is 0 Å². The highest BCUT2D eigenvalue weighted by molar-refractivity contribution is 5.55. The zero-order chi connectivity index (χ0) is 7.23.